The number of amides is 2. The van der Waals surface area contributed by atoms with Gasteiger partial charge in [0.15, 0.2) is 0 Å². The number of pyridine rings is 1. The normalized spacial score (nSPS) is 16.9. The molecule has 1 aromatic heterocycles. The highest BCUT2D eigenvalue weighted by Crippen LogP contribution is 2.34. The van der Waals surface area contributed by atoms with Gasteiger partial charge in [0, 0.05) is 56.9 Å². The molecule has 5 rings (SSSR count). The van der Waals surface area contributed by atoms with Gasteiger partial charge in [-0.3, -0.25) is 19.5 Å². The molecule has 0 unspecified atom stereocenters. The maximum atomic E-state index is 14.3. The zero-order chi connectivity index (χ0) is 25.8. The second-order valence-electron chi connectivity index (χ2n) is 9.30. The summed E-state index contributed by atoms with van der Waals surface area (Å²) in [6.07, 6.45) is 3.58. The molecule has 0 radical (unpaired) electrons. The Balaban J connectivity index is 1.50. The van der Waals surface area contributed by atoms with Crippen molar-refractivity contribution in [1.82, 2.24) is 20.1 Å². The van der Waals surface area contributed by atoms with Gasteiger partial charge in [0.05, 0.1) is 11.6 Å². The highest BCUT2D eigenvalue weighted by molar-refractivity contribution is 6.06. The number of nitrogens with zero attached hydrogens (tertiary/aromatic N) is 3. The molecule has 37 heavy (non-hydrogen) atoms. The van der Waals surface area contributed by atoms with Crippen LogP contribution in [0.15, 0.2) is 91.3 Å². The summed E-state index contributed by atoms with van der Waals surface area (Å²) in [5.74, 6) is -0.520. The number of halogens is 1. The van der Waals surface area contributed by atoms with Gasteiger partial charge in [-0.2, -0.15) is 0 Å². The number of piperazine rings is 1. The minimum absolute atomic E-state index is 0.104. The zero-order valence-electron chi connectivity index (χ0n) is 20.7. The Labute approximate surface area is 215 Å². The van der Waals surface area contributed by atoms with E-state index in [1.54, 1.807) is 36.5 Å². The predicted molar refractivity (Wildman–Crippen MR) is 142 cm³/mol. The van der Waals surface area contributed by atoms with E-state index in [4.69, 9.17) is 0 Å². The van der Waals surface area contributed by atoms with Crippen molar-refractivity contribution < 1.29 is 14.0 Å². The summed E-state index contributed by atoms with van der Waals surface area (Å²) in [5, 5.41) is 4.48. The third-order valence-corrected chi connectivity index (χ3v) is 7.03. The zero-order valence-corrected chi connectivity index (χ0v) is 20.7. The maximum Gasteiger partial charge on any atom is 0.256 e. The maximum absolute atomic E-state index is 14.3. The van der Waals surface area contributed by atoms with Gasteiger partial charge in [-0.25, -0.2) is 4.39 Å². The molecule has 0 aliphatic carbocycles. The van der Waals surface area contributed by atoms with Crippen molar-refractivity contribution in [3.05, 3.63) is 114 Å². The smallest absolute Gasteiger partial charge is 0.256 e. The topological polar surface area (TPSA) is 65.5 Å². The Morgan fingerprint density at radius 3 is 2.51 bits per heavy atom. The molecule has 2 atom stereocenters. The van der Waals surface area contributed by atoms with Gasteiger partial charge in [0.25, 0.3) is 5.91 Å². The first-order chi connectivity index (χ1) is 18.0. The van der Waals surface area contributed by atoms with Crippen molar-refractivity contribution in [2.24, 2.45) is 0 Å². The van der Waals surface area contributed by atoms with Gasteiger partial charge >= 0.3 is 0 Å². The van der Waals surface area contributed by atoms with Gasteiger partial charge in [-0.1, -0.05) is 66.7 Å². The van der Waals surface area contributed by atoms with Gasteiger partial charge in [0.2, 0.25) is 5.91 Å². The standard InChI is InChI=1S/C30H29FN4O2/c1-32-28(36)17-25-20-34(30(37)27-19-33-18-23-10-5-6-13-26(23)27)14-15-35(25)29(21-8-3-2-4-9-21)22-11-7-12-24(31)16-22/h2-13,16,18-19,25,29H,14-15,17,20H2,1H3,(H,32,36)/t25-,29+/m0/s1. The summed E-state index contributed by atoms with van der Waals surface area (Å²) in [5.41, 5.74) is 2.37. The largest absolute Gasteiger partial charge is 0.359 e. The molecule has 0 bridgehead atoms. The number of nitrogens with one attached hydrogen (secondary N) is 1. The Bertz CT molecular complexity index is 1410. The van der Waals surface area contributed by atoms with Crippen LogP contribution in [0.1, 0.15) is 33.9 Å². The fourth-order valence-corrected chi connectivity index (χ4v) is 5.24. The highest BCUT2D eigenvalue weighted by atomic mass is 19.1. The van der Waals surface area contributed by atoms with E-state index in [1.807, 2.05) is 60.7 Å². The van der Waals surface area contributed by atoms with Crippen LogP contribution in [0.5, 0.6) is 0 Å². The average molecular weight is 497 g/mol. The molecule has 4 aromatic rings. The molecule has 1 N–H and O–H groups in total. The SMILES string of the molecule is CNC(=O)C[C@H]1CN(C(=O)c2cncc3ccccc23)CCN1[C@H](c1ccccc1)c1cccc(F)c1. The minimum Gasteiger partial charge on any atom is -0.359 e. The number of carbonyl (C=O) groups excluding carboxylic acids is 2. The summed E-state index contributed by atoms with van der Waals surface area (Å²) < 4.78 is 14.3. The lowest BCUT2D eigenvalue weighted by Crippen LogP contribution is -2.56. The fourth-order valence-electron chi connectivity index (χ4n) is 5.24. The molecule has 0 spiro atoms. The number of rotatable bonds is 6. The van der Waals surface area contributed by atoms with Crippen LogP contribution in [0.2, 0.25) is 0 Å². The lowest BCUT2D eigenvalue weighted by atomic mass is 9.93. The van der Waals surface area contributed by atoms with Crippen LogP contribution in [-0.2, 0) is 4.79 Å². The first-order valence-corrected chi connectivity index (χ1v) is 12.4. The highest BCUT2D eigenvalue weighted by Gasteiger charge is 2.36. The van der Waals surface area contributed by atoms with E-state index in [0.29, 0.717) is 25.2 Å². The average Bonchev–Trinajstić information content (AvgIpc) is 2.94. The molecule has 188 valence electrons. The van der Waals surface area contributed by atoms with Crippen molar-refractivity contribution in [1.29, 1.82) is 0 Å². The third kappa shape index (κ3) is 5.22. The van der Waals surface area contributed by atoms with Crippen molar-refractivity contribution >= 4 is 22.6 Å². The lowest BCUT2D eigenvalue weighted by molar-refractivity contribution is -0.122. The van der Waals surface area contributed by atoms with Gasteiger partial charge in [-0.05, 0) is 28.6 Å². The number of fused-ring (bicyclic) bond motifs is 1. The molecular formula is C30H29FN4O2. The molecule has 1 aliphatic heterocycles. The second kappa shape index (κ2) is 10.9. The number of hydrogen-bond acceptors (Lipinski definition) is 4. The molecular weight excluding hydrogens is 467 g/mol. The Morgan fingerprint density at radius 1 is 0.973 bits per heavy atom. The van der Waals surface area contributed by atoms with E-state index in [-0.39, 0.29) is 36.1 Å². The van der Waals surface area contributed by atoms with Crippen LogP contribution in [0.25, 0.3) is 10.8 Å². The molecule has 1 aliphatic rings. The van der Waals surface area contributed by atoms with Crippen molar-refractivity contribution in [3.8, 4) is 0 Å². The van der Waals surface area contributed by atoms with Gasteiger partial charge in [0.1, 0.15) is 5.82 Å². The Hall–Kier alpha value is -4.10. The van der Waals surface area contributed by atoms with Crippen LogP contribution < -0.4 is 5.32 Å². The first kappa shape index (κ1) is 24.6. The van der Waals surface area contributed by atoms with E-state index >= 15 is 0 Å². The molecule has 3 aromatic carbocycles. The van der Waals surface area contributed by atoms with Crippen LogP contribution >= 0.6 is 0 Å². The Kier molecular flexibility index (Phi) is 7.23. The predicted octanol–water partition coefficient (Wildman–Crippen LogP) is 4.43. The molecule has 2 heterocycles. The first-order valence-electron chi connectivity index (χ1n) is 12.4. The van der Waals surface area contributed by atoms with E-state index < -0.39 is 0 Å². The summed E-state index contributed by atoms with van der Waals surface area (Å²) in [7, 11) is 1.61. The molecule has 1 saturated heterocycles. The number of aromatic nitrogens is 1. The monoisotopic (exact) mass is 496 g/mol. The summed E-state index contributed by atoms with van der Waals surface area (Å²) in [6.45, 7) is 1.38. The van der Waals surface area contributed by atoms with Crippen LogP contribution in [0, 0.1) is 5.82 Å². The number of hydrogen-bond donors (Lipinski definition) is 1. The second-order valence-corrected chi connectivity index (χ2v) is 9.30. The number of carbonyl (C=O) groups is 2. The van der Waals surface area contributed by atoms with Crippen LogP contribution in [0.3, 0.4) is 0 Å². The van der Waals surface area contributed by atoms with E-state index in [2.05, 4.69) is 15.2 Å². The van der Waals surface area contributed by atoms with E-state index in [0.717, 1.165) is 21.9 Å². The van der Waals surface area contributed by atoms with Gasteiger partial charge in [-0.15, -0.1) is 0 Å². The summed E-state index contributed by atoms with van der Waals surface area (Å²) >= 11 is 0. The van der Waals surface area contributed by atoms with Crippen LogP contribution in [0.4, 0.5) is 4.39 Å². The van der Waals surface area contributed by atoms with Crippen LogP contribution in [-0.4, -0.2) is 59.3 Å². The van der Waals surface area contributed by atoms with Crippen molar-refractivity contribution in [3.63, 3.8) is 0 Å². The molecule has 0 saturated carbocycles. The van der Waals surface area contributed by atoms with Crippen molar-refractivity contribution in [2.45, 2.75) is 18.5 Å². The quantitative estimate of drug-likeness (QED) is 0.429. The van der Waals surface area contributed by atoms with Gasteiger partial charge < -0.3 is 10.2 Å². The summed E-state index contributed by atoms with van der Waals surface area (Å²) in [6, 6.07) is 23.7. The molecule has 2 amide bonds. The number of benzene rings is 3. The third-order valence-electron chi connectivity index (χ3n) is 7.03. The molecule has 6 nitrogen and oxygen atoms in total. The fraction of sp³-hybridized carbons (Fsp3) is 0.233. The summed E-state index contributed by atoms with van der Waals surface area (Å²) in [4.78, 5) is 34.6. The lowest BCUT2D eigenvalue weighted by Gasteiger charge is -2.45. The van der Waals surface area contributed by atoms with Crippen molar-refractivity contribution in [2.75, 3.05) is 26.7 Å². The van der Waals surface area contributed by atoms with E-state index in [1.165, 1.54) is 6.07 Å². The Morgan fingerprint density at radius 2 is 1.73 bits per heavy atom. The molecule has 7 heteroatoms. The van der Waals surface area contributed by atoms with E-state index in [9.17, 15) is 14.0 Å². The minimum atomic E-state index is -0.307. The molecule has 1 fully saturated rings.